The molecule has 0 saturated carbocycles. The van der Waals surface area contributed by atoms with Crippen molar-refractivity contribution in [1.82, 2.24) is 10.6 Å². The highest BCUT2D eigenvalue weighted by Gasteiger charge is 2.23. The first-order chi connectivity index (χ1) is 12.2. The number of hydrogen-bond acceptors (Lipinski definition) is 3. The summed E-state index contributed by atoms with van der Waals surface area (Å²) >= 11 is 0. The highest BCUT2D eigenvalue weighted by molar-refractivity contribution is 5.76. The number of fused-ring (bicyclic) bond motifs is 1. The molecular formula is C20H22N2O3. The Morgan fingerprint density at radius 1 is 1.04 bits per heavy atom. The Morgan fingerprint density at radius 2 is 1.80 bits per heavy atom. The van der Waals surface area contributed by atoms with E-state index in [9.17, 15) is 9.59 Å². The molecule has 1 aliphatic carbocycles. The zero-order chi connectivity index (χ0) is 17.5. The third-order valence-corrected chi connectivity index (χ3v) is 4.30. The van der Waals surface area contributed by atoms with E-state index in [0.717, 1.165) is 18.4 Å². The second kappa shape index (κ2) is 8.33. The van der Waals surface area contributed by atoms with E-state index < -0.39 is 0 Å². The third-order valence-electron chi connectivity index (χ3n) is 4.30. The molecular weight excluding hydrogens is 316 g/mol. The Bertz CT molecular complexity index is 731. The zero-order valence-corrected chi connectivity index (χ0v) is 14.0. The van der Waals surface area contributed by atoms with E-state index in [1.54, 1.807) is 0 Å². The van der Waals surface area contributed by atoms with Crippen LogP contribution in [0.3, 0.4) is 0 Å². The van der Waals surface area contributed by atoms with Crippen molar-refractivity contribution in [2.45, 2.75) is 31.9 Å². The van der Waals surface area contributed by atoms with Crippen LogP contribution in [0.2, 0.25) is 0 Å². The molecule has 0 saturated heterocycles. The van der Waals surface area contributed by atoms with Crippen LogP contribution in [0.5, 0.6) is 0 Å². The van der Waals surface area contributed by atoms with Crippen molar-refractivity contribution in [3.05, 3.63) is 71.3 Å². The molecule has 0 heterocycles. The second-order valence-corrected chi connectivity index (χ2v) is 6.09. The van der Waals surface area contributed by atoms with Crippen molar-refractivity contribution in [2.75, 3.05) is 6.54 Å². The summed E-state index contributed by atoms with van der Waals surface area (Å²) in [5, 5.41) is 5.68. The number of benzene rings is 2. The van der Waals surface area contributed by atoms with Crippen LogP contribution in [-0.4, -0.2) is 18.5 Å². The summed E-state index contributed by atoms with van der Waals surface area (Å²) in [6.07, 6.45) is 2.04. The number of esters is 1. The summed E-state index contributed by atoms with van der Waals surface area (Å²) in [4.78, 5) is 23.7. The molecule has 0 radical (unpaired) electrons. The van der Waals surface area contributed by atoms with E-state index in [0.29, 0.717) is 0 Å². The van der Waals surface area contributed by atoms with Gasteiger partial charge in [0, 0.05) is 6.54 Å². The normalized spacial score (nSPS) is 15.3. The molecule has 5 nitrogen and oxygen atoms in total. The van der Waals surface area contributed by atoms with Crippen molar-refractivity contribution in [1.29, 1.82) is 0 Å². The first-order valence-corrected chi connectivity index (χ1v) is 8.54. The molecule has 0 aliphatic heterocycles. The first-order valence-electron chi connectivity index (χ1n) is 8.54. The van der Waals surface area contributed by atoms with Gasteiger partial charge in [0.1, 0.15) is 6.61 Å². The molecule has 1 atom stereocenters. The smallest absolute Gasteiger partial charge is 0.315 e. The highest BCUT2D eigenvalue weighted by Crippen LogP contribution is 2.30. The lowest BCUT2D eigenvalue weighted by Gasteiger charge is -2.14. The minimum absolute atomic E-state index is 0.0428. The van der Waals surface area contributed by atoms with E-state index in [1.165, 1.54) is 11.1 Å². The molecule has 1 aliphatic rings. The summed E-state index contributed by atoms with van der Waals surface area (Å²) in [7, 11) is 0. The summed E-state index contributed by atoms with van der Waals surface area (Å²) in [5.74, 6) is -0.324. The molecule has 25 heavy (non-hydrogen) atoms. The van der Waals surface area contributed by atoms with Crippen molar-refractivity contribution in [3.8, 4) is 0 Å². The van der Waals surface area contributed by atoms with Gasteiger partial charge >= 0.3 is 12.0 Å². The van der Waals surface area contributed by atoms with Gasteiger partial charge in [-0.15, -0.1) is 0 Å². The molecule has 2 aromatic rings. The summed E-state index contributed by atoms with van der Waals surface area (Å²) < 4.78 is 5.18. The highest BCUT2D eigenvalue weighted by atomic mass is 16.5. The SMILES string of the molecule is O=C(NCCC(=O)OCc1ccccc1)N[C@@H]1CCc2ccccc21. The van der Waals surface area contributed by atoms with Gasteiger partial charge in [-0.05, 0) is 29.5 Å². The number of rotatable bonds is 6. The van der Waals surface area contributed by atoms with E-state index in [-0.39, 0.29) is 37.6 Å². The molecule has 3 rings (SSSR count). The number of amides is 2. The fourth-order valence-corrected chi connectivity index (χ4v) is 3.00. The number of ether oxygens (including phenoxy) is 1. The van der Waals surface area contributed by atoms with Gasteiger partial charge in [-0.1, -0.05) is 54.6 Å². The lowest BCUT2D eigenvalue weighted by atomic mass is 10.1. The largest absolute Gasteiger partial charge is 0.461 e. The van der Waals surface area contributed by atoms with Gasteiger partial charge in [-0.25, -0.2) is 4.79 Å². The van der Waals surface area contributed by atoms with Crippen LogP contribution in [0.1, 0.15) is 35.6 Å². The van der Waals surface area contributed by atoms with Crippen LogP contribution in [0.15, 0.2) is 54.6 Å². The van der Waals surface area contributed by atoms with E-state index in [1.807, 2.05) is 48.5 Å². The van der Waals surface area contributed by atoms with Gasteiger partial charge in [-0.3, -0.25) is 4.79 Å². The van der Waals surface area contributed by atoms with Gasteiger partial charge in [0.25, 0.3) is 0 Å². The summed E-state index contributed by atoms with van der Waals surface area (Å²) in [5.41, 5.74) is 3.42. The average Bonchev–Trinajstić information content (AvgIpc) is 3.04. The maximum Gasteiger partial charge on any atom is 0.315 e. The molecule has 0 spiro atoms. The van der Waals surface area contributed by atoms with Crippen molar-refractivity contribution in [2.24, 2.45) is 0 Å². The Labute approximate surface area is 147 Å². The molecule has 0 unspecified atom stereocenters. The standard InChI is InChI=1S/C20H22N2O3/c23-19(25-14-15-6-2-1-3-7-15)12-13-21-20(24)22-18-11-10-16-8-4-5-9-17(16)18/h1-9,18H,10-14H2,(H2,21,22,24)/t18-/m1/s1. The predicted octanol–water partition coefficient (Wildman–Crippen LogP) is 3.11. The van der Waals surface area contributed by atoms with Gasteiger partial charge < -0.3 is 15.4 Å². The second-order valence-electron chi connectivity index (χ2n) is 6.09. The molecule has 130 valence electrons. The lowest BCUT2D eigenvalue weighted by Crippen LogP contribution is -2.38. The maximum absolute atomic E-state index is 12.0. The average molecular weight is 338 g/mol. The van der Waals surface area contributed by atoms with Crippen molar-refractivity contribution >= 4 is 12.0 Å². The van der Waals surface area contributed by atoms with Crippen LogP contribution in [0, 0.1) is 0 Å². The molecule has 2 amide bonds. The number of aryl methyl sites for hydroxylation is 1. The fraction of sp³-hybridized carbons (Fsp3) is 0.300. The lowest BCUT2D eigenvalue weighted by molar-refractivity contribution is -0.144. The number of nitrogens with one attached hydrogen (secondary N) is 2. The van der Waals surface area contributed by atoms with Crippen molar-refractivity contribution < 1.29 is 14.3 Å². The summed E-state index contributed by atoms with van der Waals surface area (Å²) in [6, 6.07) is 17.5. The van der Waals surface area contributed by atoms with Gasteiger partial charge in [0.15, 0.2) is 0 Å². The maximum atomic E-state index is 12.0. The number of urea groups is 1. The van der Waals surface area contributed by atoms with E-state index in [4.69, 9.17) is 4.74 Å². The monoisotopic (exact) mass is 338 g/mol. The van der Waals surface area contributed by atoms with E-state index in [2.05, 4.69) is 16.7 Å². The van der Waals surface area contributed by atoms with Gasteiger partial charge in [0.05, 0.1) is 12.5 Å². The Kier molecular flexibility index (Phi) is 5.67. The Balaban J connectivity index is 1.35. The zero-order valence-electron chi connectivity index (χ0n) is 14.0. The molecule has 2 N–H and O–H groups in total. The van der Waals surface area contributed by atoms with Crippen LogP contribution in [-0.2, 0) is 22.6 Å². The van der Waals surface area contributed by atoms with Crippen LogP contribution < -0.4 is 10.6 Å². The predicted molar refractivity (Wildman–Crippen MR) is 94.9 cm³/mol. The van der Waals surface area contributed by atoms with Crippen LogP contribution in [0.4, 0.5) is 4.79 Å². The molecule has 2 aromatic carbocycles. The number of hydrogen-bond donors (Lipinski definition) is 2. The summed E-state index contributed by atoms with van der Waals surface area (Å²) in [6.45, 7) is 0.512. The molecule has 5 heteroatoms. The van der Waals surface area contributed by atoms with Crippen molar-refractivity contribution in [3.63, 3.8) is 0 Å². The molecule has 0 aromatic heterocycles. The minimum Gasteiger partial charge on any atom is -0.461 e. The van der Waals surface area contributed by atoms with Gasteiger partial charge in [0.2, 0.25) is 0 Å². The van der Waals surface area contributed by atoms with Gasteiger partial charge in [-0.2, -0.15) is 0 Å². The number of carbonyl (C=O) groups is 2. The Morgan fingerprint density at radius 3 is 2.64 bits per heavy atom. The topological polar surface area (TPSA) is 67.4 Å². The third kappa shape index (κ3) is 4.83. The Hall–Kier alpha value is -2.82. The van der Waals surface area contributed by atoms with E-state index >= 15 is 0 Å². The molecule has 0 bridgehead atoms. The fourth-order valence-electron chi connectivity index (χ4n) is 3.00. The number of carbonyl (C=O) groups excluding carboxylic acids is 2. The minimum atomic E-state index is -0.324. The van der Waals surface area contributed by atoms with Crippen LogP contribution in [0.25, 0.3) is 0 Å². The quantitative estimate of drug-likeness (QED) is 0.795. The first kappa shape index (κ1) is 17.0. The van der Waals surface area contributed by atoms with Crippen LogP contribution >= 0.6 is 0 Å². The molecule has 0 fully saturated rings.